The van der Waals surface area contributed by atoms with E-state index in [9.17, 15) is 0 Å². The van der Waals surface area contributed by atoms with E-state index >= 15 is 0 Å². The third-order valence-corrected chi connectivity index (χ3v) is 14.1. The van der Waals surface area contributed by atoms with Crippen LogP contribution in [0.1, 0.15) is 100 Å². The molecule has 2 saturated carbocycles. The molecule has 3 heterocycles. The molecule has 2 fully saturated rings. The molecule has 281 valence electrons. The summed E-state index contributed by atoms with van der Waals surface area (Å²) in [6, 6.07) is 41.7. The van der Waals surface area contributed by atoms with Crippen LogP contribution in [0, 0.1) is 24.0 Å². The molecular weight excluding hydrogens is 861 g/mol. The van der Waals surface area contributed by atoms with Crippen LogP contribution in [-0.4, -0.2) is 9.97 Å². The Labute approximate surface area is 343 Å². The van der Waals surface area contributed by atoms with Gasteiger partial charge in [0.25, 0.3) is 0 Å². The monoisotopic (exact) mass is 907 g/mol. The van der Waals surface area contributed by atoms with Gasteiger partial charge in [-0.25, -0.2) is 0 Å². The van der Waals surface area contributed by atoms with Crippen LogP contribution in [0.15, 0.2) is 114 Å². The van der Waals surface area contributed by atoms with E-state index in [-0.39, 0.29) is 30.9 Å². The molecule has 0 aliphatic heterocycles. The third-order valence-electron chi connectivity index (χ3n) is 14.1. The van der Waals surface area contributed by atoms with Crippen LogP contribution in [-0.2, 0) is 30.9 Å². The number of hydrogen-bond acceptors (Lipinski definition) is 3. The maximum Gasteiger partial charge on any atom is 0.123 e. The van der Waals surface area contributed by atoms with Crippen molar-refractivity contribution in [3.8, 4) is 22.5 Å². The average Bonchev–Trinajstić information content (AvgIpc) is 3.70. The van der Waals surface area contributed by atoms with E-state index in [1.165, 1.54) is 76.8 Å². The molecule has 3 bridgehead atoms. The number of hydrogen-bond donors (Lipinski definition) is 0. The second-order valence-electron chi connectivity index (χ2n) is 18.3. The van der Waals surface area contributed by atoms with E-state index in [0.717, 1.165) is 62.6 Å². The summed E-state index contributed by atoms with van der Waals surface area (Å²) in [5, 5.41) is 7.15. The number of pyridine rings is 2. The predicted molar refractivity (Wildman–Crippen MR) is 226 cm³/mol. The third kappa shape index (κ3) is 5.70. The van der Waals surface area contributed by atoms with Gasteiger partial charge in [0.15, 0.2) is 0 Å². The maximum absolute atomic E-state index is 6.13. The molecule has 0 spiro atoms. The van der Waals surface area contributed by atoms with Crippen molar-refractivity contribution >= 4 is 43.5 Å². The van der Waals surface area contributed by atoms with Crippen molar-refractivity contribution in [3.05, 3.63) is 144 Å². The predicted octanol–water partition coefficient (Wildman–Crippen LogP) is 13.7. The molecule has 4 heteroatoms. The van der Waals surface area contributed by atoms with E-state index in [1.807, 2.05) is 36.7 Å². The Morgan fingerprint density at radius 2 is 1.27 bits per heavy atom. The van der Waals surface area contributed by atoms with Crippen molar-refractivity contribution in [2.24, 2.45) is 11.8 Å². The van der Waals surface area contributed by atoms with Gasteiger partial charge in [-0.15, -0.1) is 52.6 Å². The van der Waals surface area contributed by atoms with E-state index in [1.54, 1.807) is 11.1 Å². The number of fused-ring (bicyclic) bond motifs is 11. The van der Waals surface area contributed by atoms with E-state index in [0.29, 0.717) is 0 Å². The van der Waals surface area contributed by atoms with Crippen molar-refractivity contribution in [1.29, 1.82) is 0 Å². The van der Waals surface area contributed by atoms with Crippen LogP contribution < -0.4 is 0 Å². The van der Waals surface area contributed by atoms with Crippen LogP contribution in [0.4, 0.5) is 0 Å². The number of nitrogens with zero attached hydrogens (tertiary/aromatic N) is 2. The zero-order chi connectivity index (χ0) is 37.1. The first-order chi connectivity index (χ1) is 26.7. The van der Waals surface area contributed by atoms with E-state index in [2.05, 4.69) is 113 Å². The second-order valence-corrected chi connectivity index (χ2v) is 18.3. The Balaban J connectivity index is 0.000000139. The first-order valence-electron chi connectivity index (χ1n) is 20.4. The molecule has 4 unspecified atom stereocenters. The van der Waals surface area contributed by atoms with Crippen LogP contribution in [0.3, 0.4) is 0 Å². The summed E-state index contributed by atoms with van der Waals surface area (Å²) in [5.41, 5.74) is 12.5. The zero-order valence-corrected chi connectivity index (χ0v) is 35.0. The number of para-hydroxylation sites is 1. The molecule has 12 rings (SSSR count). The molecule has 0 N–H and O–H groups in total. The van der Waals surface area contributed by atoms with Crippen LogP contribution in [0.5, 0.6) is 0 Å². The van der Waals surface area contributed by atoms with Crippen molar-refractivity contribution in [2.45, 2.75) is 88.9 Å². The molecule has 3 aromatic heterocycles. The van der Waals surface area contributed by atoms with Crippen molar-refractivity contribution in [3.63, 3.8) is 0 Å². The molecule has 4 aliphatic carbocycles. The topological polar surface area (TPSA) is 38.9 Å². The maximum atomic E-state index is 6.13. The molecule has 1 radical (unpaired) electrons. The normalized spacial score (nSPS) is 22.4. The van der Waals surface area contributed by atoms with E-state index < -0.39 is 0 Å². The molecule has 0 amide bonds. The number of rotatable bonds is 2. The number of benzene rings is 5. The van der Waals surface area contributed by atoms with Gasteiger partial charge in [0.1, 0.15) is 5.58 Å². The second kappa shape index (κ2) is 13.2. The van der Waals surface area contributed by atoms with Gasteiger partial charge in [0.05, 0.1) is 5.58 Å². The summed E-state index contributed by atoms with van der Waals surface area (Å²) in [5.74, 6) is 3.53. The van der Waals surface area contributed by atoms with E-state index in [4.69, 9.17) is 14.4 Å². The van der Waals surface area contributed by atoms with Gasteiger partial charge in [-0.05, 0) is 134 Å². The fraction of sp³-hybridized carbons (Fsp3) is 0.308. The van der Waals surface area contributed by atoms with Crippen molar-refractivity contribution in [2.75, 3.05) is 0 Å². The summed E-state index contributed by atoms with van der Waals surface area (Å²) in [7, 11) is 0. The average molecular weight is 907 g/mol. The summed E-state index contributed by atoms with van der Waals surface area (Å²) < 4.78 is 6.13. The molecule has 3 nitrogen and oxygen atoms in total. The fourth-order valence-electron chi connectivity index (χ4n) is 11.1. The smallest absolute Gasteiger partial charge is 0.123 e. The Kier molecular flexibility index (Phi) is 8.44. The number of furan rings is 1. The molecule has 56 heavy (non-hydrogen) atoms. The Bertz CT molecular complexity index is 2820. The Hall–Kier alpha value is -4.63. The SMILES string of the molecule is CC1(C)CCC(C)(C)c2cc3c(-c4[c-]cc5c(c4)oc4ccccc45)nccc3cc21.[Ir].[c-]1cc2c(cc1-c1nccc3ccccc13)C1CC3CC(C1)C2C3. The molecule has 4 aliphatic rings. The van der Waals surface area contributed by atoms with Gasteiger partial charge < -0.3 is 14.4 Å². The first kappa shape index (κ1) is 35.8. The molecule has 5 aromatic carbocycles. The van der Waals surface area contributed by atoms with Gasteiger partial charge >= 0.3 is 0 Å². The largest absolute Gasteiger partial charge is 0.476 e. The van der Waals surface area contributed by atoms with Crippen molar-refractivity contribution < 1.29 is 24.5 Å². The molecule has 8 aromatic rings. The summed E-state index contributed by atoms with van der Waals surface area (Å²) in [6.07, 6.45) is 12.0. The van der Waals surface area contributed by atoms with Gasteiger partial charge in [-0.2, -0.15) is 0 Å². The fourth-order valence-corrected chi connectivity index (χ4v) is 11.1. The molecule has 4 atom stereocenters. The summed E-state index contributed by atoms with van der Waals surface area (Å²) in [4.78, 5) is 9.50. The molecule has 0 saturated heterocycles. The first-order valence-corrected chi connectivity index (χ1v) is 20.4. The Morgan fingerprint density at radius 1 is 0.589 bits per heavy atom. The minimum atomic E-state index is 0. The zero-order valence-electron chi connectivity index (χ0n) is 32.6. The Morgan fingerprint density at radius 3 is 2.09 bits per heavy atom. The summed E-state index contributed by atoms with van der Waals surface area (Å²) >= 11 is 0. The number of aromatic nitrogens is 2. The van der Waals surface area contributed by atoms with Gasteiger partial charge in [-0.1, -0.05) is 100 Å². The summed E-state index contributed by atoms with van der Waals surface area (Å²) in [6.45, 7) is 9.49. The van der Waals surface area contributed by atoms with Crippen molar-refractivity contribution in [1.82, 2.24) is 9.97 Å². The quantitative estimate of drug-likeness (QED) is 0.162. The standard InChI is InChI=1S/C29H26NO.C23H20N.Ir/c1-28(2)12-13-29(3,4)24-17-22-18(15-23(24)28)11-14-30-27(22)19-9-10-21-20-7-5-6-8-25(20)31-26(21)16-19;1-2-4-19-15(3-1)7-8-24-23(19)16-5-6-20-21-11-14-9-17(21)12-18(10-14)22(20)13-16;/h5-8,10-11,14-17H,12-13H2,1-4H3;1-4,6-8,13-14,17-18,21H,9-12H2;/q2*-1;. The van der Waals surface area contributed by atoms with Gasteiger partial charge in [0.2, 0.25) is 0 Å². The van der Waals surface area contributed by atoms with Crippen LogP contribution in [0.2, 0.25) is 0 Å². The molecular formula is C52H46IrN2O-2. The van der Waals surface area contributed by atoms with Crippen LogP contribution in [0.25, 0.3) is 66.0 Å². The minimum absolute atomic E-state index is 0. The van der Waals surface area contributed by atoms with Crippen LogP contribution >= 0.6 is 0 Å². The van der Waals surface area contributed by atoms with Gasteiger partial charge in [-0.3, -0.25) is 0 Å². The van der Waals surface area contributed by atoms with Gasteiger partial charge in [0, 0.05) is 32.5 Å². The minimum Gasteiger partial charge on any atom is -0.476 e.